The normalized spacial score (nSPS) is 23.0. The molecule has 1 N–H and O–H groups in total. The minimum absolute atomic E-state index is 0.193. The van der Waals surface area contributed by atoms with E-state index in [4.69, 9.17) is 4.74 Å². The van der Waals surface area contributed by atoms with Crippen molar-refractivity contribution in [1.29, 1.82) is 0 Å². The van der Waals surface area contributed by atoms with Crippen molar-refractivity contribution < 1.29 is 22.7 Å². The summed E-state index contributed by atoms with van der Waals surface area (Å²) in [6.45, 7) is 2.87. The Kier molecular flexibility index (Phi) is 5.86. The molecular formula is C18H27FN2O4S. The van der Waals surface area contributed by atoms with Crippen molar-refractivity contribution in [2.75, 3.05) is 39.0 Å². The number of rotatable bonds is 5. The van der Waals surface area contributed by atoms with Crippen molar-refractivity contribution in [3.8, 4) is 5.75 Å². The Hall–Kier alpha value is -1.22. The van der Waals surface area contributed by atoms with Gasteiger partial charge in [0.05, 0.1) is 6.26 Å². The molecule has 2 heterocycles. The number of hydrogen-bond acceptors (Lipinski definition) is 5. The lowest BCUT2D eigenvalue weighted by Crippen LogP contribution is -2.53. The van der Waals surface area contributed by atoms with E-state index in [0.29, 0.717) is 37.7 Å². The van der Waals surface area contributed by atoms with E-state index in [2.05, 4.69) is 4.90 Å². The van der Waals surface area contributed by atoms with Crippen LogP contribution in [0.25, 0.3) is 0 Å². The molecule has 3 rings (SSSR count). The van der Waals surface area contributed by atoms with Crippen molar-refractivity contribution in [2.45, 2.75) is 37.3 Å². The maximum Gasteiger partial charge on any atom is 0.211 e. The Morgan fingerprint density at radius 1 is 1.15 bits per heavy atom. The number of sulfonamides is 1. The SMILES string of the molecule is CS(=O)(=O)N1CCC(N2CCC(O)(COc3ccc(F)cc3)CC2)CC1. The zero-order valence-corrected chi connectivity index (χ0v) is 15.9. The van der Waals surface area contributed by atoms with Crippen LogP contribution >= 0.6 is 0 Å². The summed E-state index contributed by atoms with van der Waals surface area (Å²) in [7, 11) is -3.10. The summed E-state index contributed by atoms with van der Waals surface area (Å²) in [6, 6.07) is 6.17. The molecule has 1 aromatic rings. The summed E-state index contributed by atoms with van der Waals surface area (Å²) in [4.78, 5) is 2.35. The second-order valence-electron chi connectivity index (χ2n) is 7.40. The number of benzene rings is 1. The fourth-order valence-corrected chi connectivity index (χ4v) is 4.61. The predicted octanol–water partition coefficient (Wildman–Crippen LogP) is 1.46. The number of aliphatic hydroxyl groups is 1. The van der Waals surface area contributed by atoms with E-state index >= 15 is 0 Å². The van der Waals surface area contributed by atoms with Gasteiger partial charge in [-0.25, -0.2) is 17.1 Å². The lowest BCUT2D eigenvalue weighted by atomic mass is 9.90. The standard InChI is InChI=1S/C18H27FN2O4S/c1-26(23,24)21-10-6-16(7-11-21)20-12-8-18(22,9-13-20)14-25-17-4-2-15(19)3-5-17/h2-5,16,22H,6-14H2,1H3. The second-order valence-corrected chi connectivity index (χ2v) is 9.38. The smallest absolute Gasteiger partial charge is 0.211 e. The first-order valence-electron chi connectivity index (χ1n) is 9.05. The van der Waals surface area contributed by atoms with E-state index in [0.717, 1.165) is 25.9 Å². The Bertz CT molecular complexity index is 694. The average Bonchev–Trinajstić information content (AvgIpc) is 2.61. The summed E-state index contributed by atoms with van der Waals surface area (Å²) in [5.41, 5.74) is -0.877. The van der Waals surface area contributed by atoms with Crippen LogP contribution in [0.3, 0.4) is 0 Å². The lowest BCUT2D eigenvalue weighted by Gasteiger charge is -2.43. The number of hydrogen-bond donors (Lipinski definition) is 1. The average molecular weight is 386 g/mol. The van der Waals surface area contributed by atoms with Gasteiger partial charge >= 0.3 is 0 Å². The number of nitrogens with zero attached hydrogens (tertiary/aromatic N) is 2. The molecule has 2 fully saturated rings. The van der Waals surface area contributed by atoms with Crippen molar-refractivity contribution >= 4 is 10.0 Å². The van der Waals surface area contributed by atoms with E-state index in [-0.39, 0.29) is 12.4 Å². The van der Waals surface area contributed by atoms with Gasteiger partial charge in [0.25, 0.3) is 0 Å². The summed E-state index contributed by atoms with van der Waals surface area (Å²) in [5.74, 6) is 0.238. The molecule has 0 aliphatic carbocycles. The summed E-state index contributed by atoms with van der Waals surface area (Å²) in [6.07, 6.45) is 4.14. The molecule has 2 aliphatic rings. The monoisotopic (exact) mass is 386 g/mol. The first-order chi connectivity index (χ1) is 12.3. The van der Waals surface area contributed by atoms with Crippen LogP contribution in [0.2, 0.25) is 0 Å². The minimum Gasteiger partial charge on any atom is -0.491 e. The van der Waals surface area contributed by atoms with Crippen LogP contribution in [-0.4, -0.2) is 73.4 Å². The molecule has 0 unspecified atom stereocenters. The van der Waals surface area contributed by atoms with Crippen LogP contribution < -0.4 is 4.74 Å². The van der Waals surface area contributed by atoms with Gasteiger partial charge in [0, 0.05) is 32.2 Å². The van der Waals surface area contributed by atoms with Crippen molar-refractivity contribution in [3.63, 3.8) is 0 Å². The zero-order valence-electron chi connectivity index (χ0n) is 15.1. The van der Waals surface area contributed by atoms with Gasteiger partial charge in [-0.05, 0) is 49.9 Å². The summed E-state index contributed by atoms with van der Waals surface area (Å²) in [5, 5.41) is 10.7. The van der Waals surface area contributed by atoms with Crippen LogP contribution in [0.1, 0.15) is 25.7 Å². The highest BCUT2D eigenvalue weighted by Gasteiger charge is 2.37. The number of ether oxygens (including phenoxy) is 1. The molecule has 0 radical (unpaired) electrons. The number of piperidine rings is 2. The highest BCUT2D eigenvalue weighted by atomic mass is 32.2. The third-order valence-corrected chi connectivity index (χ3v) is 6.76. The molecule has 2 saturated heterocycles. The zero-order chi connectivity index (χ0) is 18.8. The van der Waals surface area contributed by atoms with Gasteiger partial charge in [0.15, 0.2) is 0 Å². The first-order valence-corrected chi connectivity index (χ1v) is 10.9. The molecule has 0 amide bonds. The molecule has 1 aromatic carbocycles. The van der Waals surface area contributed by atoms with Gasteiger partial charge in [-0.15, -0.1) is 0 Å². The molecule has 0 aromatic heterocycles. The molecular weight excluding hydrogens is 359 g/mol. The molecule has 26 heavy (non-hydrogen) atoms. The van der Waals surface area contributed by atoms with Crippen LogP contribution in [0, 0.1) is 5.82 Å². The Balaban J connectivity index is 1.45. The molecule has 6 nitrogen and oxygen atoms in total. The van der Waals surface area contributed by atoms with Crippen molar-refractivity contribution in [2.24, 2.45) is 0 Å². The van der Waals surface area contributed by atoms with Crippen molar-refractivity contribution in [3.05, 3.63) is 30.1 Å². The van der Waals surface area contributed by atoms with Crippen LogP contribution in [0.5, 0.6) is 5.75 Å². The second kappa shape index (κ2) is 7.80. The van der Waals surface area contributed by atoms with Crippen molar-refractivity contribution in [1.82, 2.24) is 9.21 Å². The number of halogens is 1. The van der Waals surface area contributed by atoms with Gasteiger partial charge in [-0.1, -0.05) is 0 Å². The molecule has 0 saturated carbocycles. The third-order valence-electron chi connectivity index (χ3n) is 5.46. The molecule has 146 valence electrons. The minimum atomic E-state index is -3.10. The van der Waals surface area contributed by atoms with Gasteiger partial charge in [0.2, 0.25) is 10.0 Å². The molecule has 0 atom stereocenters. The van der Waals surface area contributed by atoms with E-state index in [1.807, 2.05) is 0 Å². The molecule has 0 spiro atoms. The van der Waals surface area contributed by atoms with E-state index < -0.39 is 15.6 Å². The maximum atomic E-state index is 12.9. The Morgan fingerprint density at radius 3 is 2.27 bits per heavy atom. The molecule has 2 aliphatic heterocycles. The topological polar surface area (TPSA) is 70.1 Å². The van der Waals surface area contributed by atoms with Gasteiger partial charge in [-0.2, -0.15) is 0 Å². The van der Waals surface area contributed by atoms with Crippen LogP contribution in [0.4, 0.5) is 4.39 Å². The van der Waals surface area contributed by atoms with Gasteiger partial charge in [0.1, 0.15) is 23.8 Å². The maximum absolute atomic E-state index is 12.9. The van der Waals surface area contributed by atoms with Gasteiger partial charge < -0.3 is 14.7 Å². The summed E-state index contributed by atoms with van der Waals surface area (Å²) < 4.78 is 43.3. The third kappa shape index (κ3) is 4.94. The van der Waals surface area contributed by atoms with Gasteiger partial charge in [-0.3, -0.25) is 0 Å². The largest absolute Gasteiger partial charge is 0.491 e. The van der Waals surface area contributed by atoms with E-state index in [9.17, 15) is 17.9 Å². The molecule has 8 heteroatoms. The Morgan fingerprint density at radius 2 is 1.73 bits per heavy atom. The quantitative estimate of drug-likeness (QED) is 0.830. The van der Waals surface area contributed by atoms with Crippen LogP contribution in [-0.2, 0) is 10.0 Å². The fraction of sp³-hybridized carbons (Fsp3) is 0.667. The highest BCUT2D eigenvalue weighted by Crippen LogP contribution is 2.28. The van der Waals surface area contributed by atoms with E-state index in [1.165, 1.54) is 18.4 Å². The predicted molar refractivity (Wildman–Crippen MR) is 97.1 cm³/mol. The van der Waals surface area contributed by atoms with Crippen LogP contribution in [0.15, 0.2) is 24.3 Å². The number of likely N-dealkylation sites (tertiary alicyclic amines) is 1. The highest BCUT2D eigenvalue weighted by molar-refractivity contribution is 7.88. The Labute approximate surface area is 154 Å². The molecule has 0 bridgehead atoms. The first kappa shape index (κ1) is 19.5. The van der Waals surface area contributed by atoms with E-state index in [1.54, 1.807) is 16.4 Å². The summed E-state index contributed by atoms with van der Waals surface area (Å²) >= 11 is 0. The lowest BCUT2D eigenvalue weighted by molar-refractivity contribution is -0.0623. The fourth-order valence-electron chi connectivity index (χ4n) is 3.74.